The first kappa shape index (κ1) is 13.9. The van der Waals surface area contributed by atoms with Crippen LogP contribution in [-0.4, -0.2) is 23.7 Å². The molecule has 0 heterocycles. The minimum atomic E-state index is -0.860. The normalized spacial score (nSPS) is 23.1. The van der Waals surface area contributed by atoms with Crippen molar-refractivity contribution in [3.63, 3.8) is 0 Å². The Hall–Kier alpha value is -1.49. The number of nitrogens with one attached hydrogen (secondary N) is 1. The summed E-state index contributed by atoms with van der Waals surface area (Å²) in [7, 11) is 0. The van der Waals surface area contributed by atoms with Gasteiger partial charge in [0.25, 0.3) is 5.91 Å². The molecule has 5 heteroatoms. The fourth-order valence-electron chi connectivity index (χ4n) is 2.49. The van der Waals surface area contributed by atoms with Crippen molar-refractivity contribution in [1.29, 1.82) is 0 Å². The van der Waals surface area contributed by atoms with Crippen molar-refractivity contribution in [2.75, 3.05) is 6.54 Å². The summed E-state index contributed by atoms with van der Waals surface area (Å²) in [4.78, 5) is 11.8. The molecule has 19 heavy (non-hydrogen) atoms. The number of benzene rings is 1. The SMILES string of the molecule is O=C(NCC1CCCC(O)C1)c1c(F)cccc1F. The summed E-state index contributed by atoms with van der Waals surface area (Å²) in [5, 5.41) is 12.1. The first-order chi connectivity index (χ1) is 9.08. The molecule has 1 aromatic carbocycles. The number of carbonyl (C=O) groups excluding carboxylic acids is 1. The maximum absolute atomic E-state index is 13.4. The lowest BCUT2D eigenvalue weighted by atomic mass is 9.87. The number of amides is 1. The molecule has 0 aromatic heterocycles. The topological polar surface area (TPSA) is 49.3 Å². The van der Waals surface area contributed by atoms with Crippen molar-refractivity contribution in [2.45, 2.75) is 31.8 Å². The van der Waals surface area contributed by atoms with Gasteiger partial charge >= 0.3 is 0 Å². The van der Waals surface area contributed by atoms with Crippen LogP contribution in [0.25, 0.3) is 0 Å². The molecule has 0 radical (unpaired) electrons. The van der Waals surface area contributed by atoms with Crippen LogP contribution >= 0.6 is 0 Å². The van der Waals surface area contributed by atoms with E-state index in [2.05, 4.69) is 5.32 Å². The van der Waals surface area contributed by atoms with E-state index in [1.54, 1.807) is 0 Å². The highest BCUT2D eigenvalue weighted by Crippen LogP contribution is 2.23. The van der Waals surface area contributed by atoms with Gasteiger partial charge in [-0.15, -0.1) is 0 Å². The van der Waals surface area contributed by atoms with Crippen LogP contribution in [0.2, 0.25) is 0 Å². The average molecular weight is 269 g/mol. The number of halogens is 2. The highest BCUT2D eigenvalue weighted by atomic mass is 19.1. The second-order valence-electron chi connectivity index (χ2n) is 4.99. The molecule has 1 fully saturated rings. The van der Waals surface area contributed by atoms with Gasteiger partial charge in [0, 0.05) is 6.54 Å². The lowest BCUT2D eigenvalue weighted by Gasteiger charge is -2.25. The van der Waals surface area contributed by atoms with Gasteiger partial charge in [-0.05, 0) is 37.3 Å². The van der Waals surface area contributed by atoms with Crippen LogP contribution in [0.15, 0.2) is 18.2 Å². The molecule has 1 aliphatic rings. The molecular weight excluding hydrogens is 252 g/mol. The van der Waals surface area contributed by atoms with Gasteiger partial charge < -0.3 is 10.4 Å². The minimum absolute atomic E-state index is 0.169. The molecule has 1 saturated carbocycles. The third kappa shape index (κ3) is 3.50. The second-order valence-corrected chi connectivity index (χ2v) is 4.99. The van der Waals surface area contributed by atoms with Crippen molar-refractivity contribution >= 4 is 5.91 Å². The van der Waals surface area contributed by atoms with E-state index in [-0.39, 0.29) is 12.0 Å². The average Bonchev–Trinajstić information content (AvgIpc) is 2.36. The third-order valence-electron chi connectivity index (χ3n) is 3.50. The Morgan fingerprint density at radius 1 is 1.32 bits per heavy atom. The van der Waals surface area contributed by atoms with Crippen LogP contribution in [0.1, 0.15) is 36.0 Å². The first-order valence-corrected chi connectivity index (χ1v) is 6.48. The first-order valence-electron chi connectivity index (χ1n) is 6.48. The van der Waals surface area contributed by atoms with E-state index in [9.17, 15) is 18.7 Å². The minimum Gasteiger partial charge on any atom is -0.393 e. The number of aliphatic hydroxyl groups excluding tert-OH is 1. The molecule has 1 aliphatic carbocycles. The molecule has 1 aromatic rings. The van der Waals surface area contributed by atoms with Crippen LogP contribution in [-0.2, 0) is 0 Å². The smallest absolute Gasteiger partial charge is 0.257 e. The monoisotopic (exact) mass is 269 g/mol. The lowest BCUT2D eigenvalue weighted by molar-refractivity contribution is 0.0867. The van der Waals surface area contributed by atoms with E-state index >= 15 is 0 Å². The molecule has 0 spiro atoms. The Labute approximate surface area is 110 Å². The van der Waals surface area contributed by atoms with Gasteiger partial charge in [-0.3, -0.25) is 4.79 Å². The molecule has 0 bridgehead atoms. The van der Waals surface area contributed by atoms with Gasteiger partial charge in [-0.1, -0.05) is 12.5 Å². The Balaban J connectivity index is 1.94. The summed E-state index contributed by atoms with van der Waals surface area (Å²) >= 11 is 0. The van der Waals surface area contributed by atoms with Gasteiger partial charge in [0.2, 0.25) is 0 Å². The van der Waals surface area contributed by atoms with Crippen molar-refractivity contribution in [2.24, 2.45) is 5.92 Å². The van der Waals surface area contributed by atoms with Crippen molar-refractivity contribution in [3.8, 4) is 0 Å². The summed E-state index contributed by atoms with van der Waals surface area (Å²) in [6.07, 6.45) is 2.90. The van der Waals surface area contributed by atoms with Crippen LogP contribution in [0.4, 0.5) is 8.78 Å². The maximum atomic E-state index is 13.4. The summed E-state index contributed by atoms with van der Waals surface area (Å²) in [6.45, 7) is 0.337. The van der Waals surface area contributed by atoms with E-state index < -0.39 is 23.1 Å². The molecule has 0 saturated heterocycles. The quantitative estimate of drug-likeness (QED) is 0.884. The molecular formula is C14H17F2NO2. The standard InChI is InChI=1S/C14H17F2NO2/c15-11-5-2-6-12(16)13(11)14(19)17-8-9-3-1-4-10(18)7-9/h2,5-6,9-10,18H,1,3-4,7-8H2,(H,17,19). The van der Waals surface area contributed by atoms with Crippen LogP contribution in [0.3, 0.4) is 0 Å². The zero-order valence-corrected chi connectivity index (χ0v) is 10.5. The molecule has 2 N–H and O–H groups in total. The van der Waals surface area contributed by atoms with E-state index in [4.69, 9.17) is 0 Å². The Morgan fingerprint density at radius 3 is 2.63 bits per heavy atom. The van der Waals surface area contributed by atoms with Gasteiger partial charge in [0.15, 0.2) is 0 Å². The van der Waals surface area contributed by atoms with Crippen molar-refractivity contribution in [3.05, 3.63) is 35.4 Å². The highest BCUT2D eigenvalue weighted by molar-refractivity contribution is 5.94. The zero-order chi connectivity index (χ0) is 13.8. The Morgan fingerprint density at radius 2 is 2.00 bits per heavy atom. The Kier molecular flexibility index (Phi) is 4.47. The second kappa shape index (κ2) is 6.10. The summed E-state index contributed by atoms with van der Waals surface area (Å²) in [6, 6.07) is 3.34. The molecule has 3 nitrogen and oxygen atoms in total. The van der Waals surface area contributed by atoms with Gasteiger partial charge in [-0.2, -0.15) is 0 Å². The number of aliphatic hydroxyl groups is 1. The van der Waals surface area contributed by atoms with Crippen LogP contribution in [0.5, 0.6) is 0 Å². The van der Waals surface area contributed by atoms with E-state index in [0.29, 0.717) is 13.0 Å². The molecule has 0 aliphatic heterocycles. The third-order valence-corrected chi connectivity index (χ3v) is 3.50. The fourth-order valence-corrected chi connectivity index (χ4v) is 2.49. The van der Waals surface area contributed by atoms with Gasteiger partial charge in [0.1, 0.15) is 17.2 Å². The zero-order valence-electron chi connectivity index (χ0n) is 10.5. The van der Waals surface area contributed by atoms with Crippen molar-refractivity contribution < 1.29 is 18.7 Å². The number of carbonyl (C=O) groups is 1. The van der Waals surface area contributed by atoms with E-state index in [1.165, 1.54) is 6.07 Å². The largest absolute Gasteiger partial charge is 0.393 e. The van der Waals surface area contributed by atoms with E-state index in [1.807, 2.05) is 0 Å². The molecule has 2 rings (SSSR count). The predicted octanol–water partition coefficient (Wildman–Crippen LogP) is 2.25. The predicted molar refractivity (Wildman–Crippen MR) is 66.7 cm³/mol. The number of rotatable bonds is 3. The lowest BCUT2D eigenvalue weighted by Crippen LogP contribution is -2.33. The summed E-state index contributed by atoms with van der Waals surface area (Å²) in [5.41, 5.74) is -0.543. The molecule has 2 unspecified atom stereocenters. The summed E-state index contributed by atoms with van der Waals surface area (Å²) in [5.74, 6) is -2.29. The van der Waals surface area contributed by atoms with Crippen molar-refractivity contribution in [1.82, 2.24) is 5.32 Å². The summed E-state index contributed by atoms with van der Waals surface area (Å²) < 4.78 is 26.8. The number of hydrogen-bond donors (Lipinski definition) is 2. The molecule has 104 valence electrons. The Bertz CT molecular complexity index is 445. The fraction of sp³-hybridized carbons (Fsp3) is 0.500. The van der Waals surface area contributed by atoms with E-state index in [0.717, 1.165) is 31.4 Å². The van der Waals surface area contributed by atoms with Crippen LogP contribution < -0.4 is 5.32 Å². The van der Waals surface area contributed by atoms with Crippen LogP contribution in [0, 0.1) is 17.6 Å². The maximum Gasteiger partial charge on any atom is 0.257 e. The molecule has 2 atom stereocenters. The van der Waals surface area contributed by atoms with Gasteiger partial charge in [0.05, 0.1) is 6.10 Å². The highest BCUT2D eigenvalue weighted by Gasteiger charge is 2.22. The van der Waals surface area contributed by atoms with Gasteiger partial charge in [-0.25, -0.2) is 8.78 Å². The molecule has 1 amide bonds. The number of hydrogen-bond acceptors (Lipinski definition) is 2.